The van der Waals surface area contributed by atoms with Crippen molar-refractivity contribution in [3.8, 4) is 0 Å². The van der Waals surface area contributed by atoms with Crippen molar-refractivity contribution in [3.63, 3.8) is 0 Å². The van der Waals surface area contributed by atoms with Gasteiger partial charge in [-0.3, -0.25) is 9.59 Å². The first-order valence-corrected chi connectivity index (χ1v) is 9.39. The van der Waals surface area contributed by atoms with Gasteiger partial charge in [0, 0.05) is 38.5 Å². The minimum Gasteiger partial charge on any atom is -0.354 e. The van der Waals surface area contributed by atoms with E-state index in [-0.39, 0.29) is 23.9 Å². The third-order valence-electron chi connectivity index (χ3n) is 4.58. The summed E-state index contributed by atoms with van der Waals surface area (Å²) in [6, 6.07) is 8.77. The molecule has 2 amide bonds. The summed E-state index contributed by atoms with van der Waals surface area (Å²) in [4.78, 5) is 26.4. The quantitative estimate of drug-likeness (QED) is 0.798. The number of benzene rings is 1. The van der Waals surface area contributed by atoms with Crippen molar-refractivity contribution >= 4 is 11.8 Å². The van der Waals surface area contributed by atoms with E-state index in [1.807, 2.05) is 18.7 Å². The van der Waals surface area contributed by atoms with E-state index < -0.39 is 0 Å². The number of piperazine rings is 1. The molecule has 138 valence electrons. The molecule has 1 heterocycles. The van der Waals surface area contributed by atoms with Crippen LogP contribution in [0.5, 0.6) is 0 Å². The largest absolute Gasteiger partial charge is 0.354 e. The van der Waals surface area contributed by atoms with Gasteiger partial charge in [-0.05, 0) is 37.8 Å². The summed E-state index contributed by atoms with van der Waals surface area (Å²) in [5.41, 5.74) is 2.48. The Morgan fingerprint density at radius 2 is 1.96 bits per heavy atom. The molecule has 1 aliphatic rings. The Balaban J connectivity index is 1.92. The van der Waals surface area contributed by atoms with Gasteiger partial charge in [0.15, 0.2) is 0 Å². The molecule has 0 aliphatic carbocycles. The summed E-state index contributed by atoms with van der Waals surface area (Å²) in [5.74, 6) is 0.165. The second kappa shape index (κ2) is 9.56. The number of amides is 2. The molecule has 2 rings (SSSR count). The smallest absolute Gasteiger partial charge is 0.223 e. The van der Waals surface area contributed by atoms with Crippen molar-refractivity contribution in [2.45, 2.75) is 58.5 Å². The van der Waals surface area contributed by atoms with E-state index in [9.17, 15) is 9.59 Å². The first-order chi connectivity index (χ1) is 12.0. The molecule has 0 radical (unpaired) electrons. The van der Waals surface area contributed by atoms with Gasteiger partial charge in [0.05, 0.1) is 6.04 Å². The molecule has 0 bridgehead atoms. The maximum Gasteiger partial charge on any atom is 0.223 e. The Labute approximate surface area is 151 Å². The number of hydrogen-bond donors (Lipinski definition) is 2. The molecule has 2 N–H and O–H groups in total. The number of hydrogen-bond acceptors (Lipinski definition) is 3. The van der Waals surface area contributed by atoms with Crippen molar-refractivity contribution in [1.29, 1.82) is 0 Å². The van der Waals surface area contributed by atoms with Gasteiger partial charge < -0.3 is 15.5 Å². The third kappa shape index (κ3) is 5.85. The van der Waals surface area contributed by atoms with Gasteiger partial charge in [0.2, 0.25) is 11.8 Å². The zero-order valence-corrected chi connectivity index (χ0v) is 15.7. The number of nitrogens with one attached hydrogen (secondary N) is 2. The Bertz CT molecular complexity index is 569. The van der Waals surface area contributed by atoms with Crippen LogP contribution in [0, 0.1) is 0 Å². The van der Waals surface area contributed by atoms with Gasteiger partial charge in [-0.15, -0.1) is 0 Å². The van der Waals surface area contributed by atoms with Crippen LogP contribution in [0.15, 0.2) is 24.3 Å². The van der Waals surface area contributed by atoms with E-state index >= 15 is 0 Å². The minimum atomic E-state index is 0.0230. The highest BCUT2D eigenvalue weighted by molar-refractivity contribution is 5.79. The standard InChI is InChI=1S/C20H31N3O2/c1-4-16-8-10-17(11-9-16)18-14-21-12-13-23(18)20(25)7-5-6-19(24)22-15(2)3/h8-11,15,18,21H,4-7,12-14H2,1-3H3,(H,22,24). The number of rotatable bonds is 7. The number of carbonyl (C=O) groups excluding carboxylic acids is 2. The maximum absolute atomic E-state index is 12.7. The molecule has 25 heavy (non-hydrogen) atoms. The van der Waals surface area contributed by atoms with Crippen LogP contribution in [0.4, 0.5) is 0 Å². The van der Waals surface area contributed by atoms with E-state index in [1.165, 1.54) is 11.1 Å². The average molecular weight is 345 g/mol. The Hall–Kier alpha value is -1.88. The molecule has 5 nitrogen and oxygen atoms in total. The third-order valence-corrected chi connectivity index (χ3v) is 4.58. The highest BCUT2D eigenvalue weighted by Crippen LogP contribution is 2.24. The zero-order chi connectivity index (χ0) is 18.2. The topological polar surface area (TPSA) is 61.4 Å². The molecule has 1 atom stereocenters. The average Bonchev–Trinajstić information content (AvgIpc) is 2.61. The predicted molar refractivity (Wildman–Crippen MR) is 100 cm³/mol. The van der Waals surface area contributed by atoms with Crippen LogP contribution in [0.3, 0.4) is 0 Å². The lowest BCUT2D eigenvalue weighted by atomic mass is 10.00. The highest BCUT2D eigenvalue weighted by atomic mass is 16.2. The molecule has 1 aromatic carbocycles. The van der Waals surface area contributed by atoms with Gasteiger partial charge in [-0.2, -0.15) is 0 Å². The van der Waals surface area contributed by atoms with Crippen molar-refractivity contribution in [3.05, 3.63) is 35.4 Å². The molecule has 1 fully saturated rings. The molecule has 5 heteroatoms. The monoisotopic (exact) mass is 345 g/mol. The molecular formula is C20H31N3O2. The normalized spacial score (nSPS) is 17.6. The Kier molecular flexibility index (Phi) is 7.44. The van der Waals surface area contributed by atoms with Crippen LogP contribution < -0.4 is 10.6 Å². The molecule has 1 aromatic rings. The molecule has 0 saturated carbocycles. The molecule has 0 spiro atoms. The Morgan fingerprint density at radius 1 is 1.24 bits per heavy atom. The van der Waals surface area contributed by atoms with Gasteiger partial charge in [0.25, 0.3) is 0 Å². The number of carbonyl (C=O) groups is 2. The summed E-state index contributed by atoms with van der Waals surface area (Å²) >= 11 is 0. The molecule has 1 aliphatic heterocycles. The SMILES string of the molecule is CCc1ccc(C2CNCCN2C(=O)CCCC(=O)NC(C)C)cc1. The summed E-state index contributed by atoms with van der Waals surface area (Å²) in [6.45, 7) is 8.35. The zero-order valence-electron chi connectivity index (χ0n) is 15.7. The van der Waals surface area contributed by atoms with E-state index in [4.69, 9.17) is 0 Å². The molecule has 1 unspecified atom stereocenters. The number of aryl methyl sites for hydroxylation is 1. The van der Waals surface area contributed by atoms with Crippen LogP contribution in [-0.2, 0) is 16.0 Å². The van der Waals surface area contributed by atoms with Crippen LogP contribution in [0.1, 0.15) is 57.2 Å². The summed E-state index contributed by atoms with van der Waals surface area (Å²) in [6.07, 6.45) is 2.45. The van der Waals surface area contributed by atoms with Crippen molar-refractivity contribution in [2.24, 2.45) is 0 Å². The van der Waals surface area contributed by atoms with Gasteiger partial charge >= 0.3 is 0 Å². The second-order valence-corrected chi connectivity index (χ2v) is 6.98. The van der Waals surface area contributed by atoms with E-state index in [2.05, 4.69) is 41.8 Å². The van der Waals surface area contributed by atoms with Crippen molar-refractivity contribution in [2.75, 3.05) is 19.6 Å². The highest BCUT2D eigenvalue weighted by Gasteiger charge is 2.27. The number of nitrogens with zero attached hydrogens (tertiary/aromatic N) is 1. The van der Waals surface area contributed by atoms with Gasteiger partial charge in [-0.25, -0.2) is 0 Å². The molecular weight excluding hydrogens is 314 g/mol. The summed E-state index contributed by atoms with van der Waals surface area (Å²) in [5, 5.41) is 6.25. The van der Waals surface area contributed by atoms with Crippen molar-refractivity contribution in [1.82, 2.24) is 15.5 Å². The summed E-state index contributed by atoms with van der Waals surface area (Å²) in [7, 11) is 0. The molecule has 1 saturated heterocycles. The fourth-order valence-electron chi connectivity index (χ4n) is 3.21. The maximum atomic E-state index is 12.7. The van der Waals surface area contributed by atoms with E-state index in [0.717, 1.165) is 26.1 Å². The van der Waals surface area contributed by atoms with Gasteiger partial charge in [0.1, 0.15) is 0 Å². The lowest BCUT2D eigenvalue weighted by Gasteiger charge is -2.36. The predicted octanol–water partition coefficient (Wildman–Crippen LogP) is 2.42. The van der Waals surface area contributed by atoms with Crippen molar-refractivity contribution < 1.29 is 9.59 Å². The fourth-order valence-corrected chi connectivity index (χ4v) is 3.21. The Morgan fingerprint density at radius 3 is 2.60 bits per heavy atom. The lowest BCUT2D eigenvalue weighted by Crippen LogP contribution is -2.48. The van der Waals surface area contributed by atoms with Crippen LogP contribution >= 0.6 is 0 Å². The van der Waals surface area contributed by atoms with Gasteiger partial charge in [-0.1, -0.05) is 31.2 Å². The fraction of sp³-hybridized carbons (Fsp3) is 0.600. The van der Waals surface area contributed by atoms with Crippen LogP contribution in [0.25, 0.3) is 0 Å². The first kappa shape index (κ1) is 19.4. The summed E-state index contributed by atoms with van der Waals surface area (Å²) < 4.78 is 0. The van der Waals surface area contributed by atoms with E-state index in [1.54, 1.807) is 0 Å². The second-order valence-electron chi connectivity index (χ2n) is 6.98. The first-order valence-electron chi connectivity index (χ1n) is 9.39. The van der Waals surface area contributed by atoms with Crippen LogP contribution in [-0.4, -0.2) is 42.4 Å². The minimum absolute atomic E-state index is 0.0230. The molecule has 0 aromatic heterocycles. The van der Waals surface area contributed by atoms with Crippen LogP contribution in [0.2, 0.25) is 0 Å². The van der Waals surface area contributed by atoms with E-state index in [0.29, 0.717) is 19.3 Å². The lowest BCUT2D eigenvalue weighted by molar-refractivity contribution is -0.134.